The Hall–Kier alpha value is -2.83. The molecular formula is C13H13N3O4. The summed E-state index contributed by atoms with van der Waals surface area (Å²) in [4.78, 5) is 21.6. The number of carbonyl (C=O) groups excluding carboxylic acids is 1. The number of benzene rings is 1. The molecule has 3 N–H and O–H groups in total. The van der Waals surface area contributed by atoms with Gasteiger partial charge in [0, 0.05) is 11.6 Å². The van der Waals surface area contributed by atoms with E-state index in [4.69, 9.17) is 10.2 Å². The summed E-state index contributed by atoms with van der Waals surface area (Å²) in [5.41, 5.74) is 5.46. The lowest BCUT2D eigenvalue weighted by Gasteiger charge is -2.13. The third-order valence-electron chi connectivity index (χ3n) is 2.82. The molecule has 1 aromatic carbocycles. The molecule has 0 aliphatic heterocycles. The van der Waals surface area contributed by atoms with Crippen LogP contribution in [0.2, 0.25) is 0 Å². The molecule has 7 heteroatoms. The van der Waals surface area contributed by atoms with Gasteiger partial charge >= 0.3 is 0 Å². The van der Waals surface area contributed by atoms with E-state index >= 15 is 0 Å². The second-order valence-corrected chi connectivity index (χ2v) is 4.23. The first-order chi connectivity index (χ1) is 9.49. The molecule has 0 aliphatic carbocycles. The van der Waals surface area contributed by atoms with Gasteiger partial charge in [-0.2, -0.15) is 0 Å². The molecule has 1 atom stereocenters. The molecule has 104 valence electrons. The first-order valence-electron chi connectivity index (χ1n) is 5.87. The van der Waals surface area contributed by atoms with E-state index in [1.54, 1.807) is 19.1 Å². The molecule has 0 aliphatic rings. The first kappa shape index (κ1) is 13.6. The van der Waals surface area contributed by atoms with Crippen LogP contribution in [0.4, 0.5) is 11.4 Å². The zero-order valence-corrected chi connectivity index (χ0v) is 10.7. The van der Waals surface area contributed by atoms with Crippen LogP contribution in [-0.2, 0) is 0 Å². The minimum absolute atomic E-state index is 0.131. The number of hydrogen-bond donors (Lipinski definition) is 2. The molecule has 0 saturated heterocycles. The van der Waals surface area contributed by atoms with Crippen LogP contribution in [0.3, 0.4) is 0 Å². The lowest BCUT2D eigenvalue weighted by Crippen LogP contribution is -2.13. The quantitative estimate of drug-likeness (QED) is 0.643. The molecule has 0 saturated carbocycles. The number of primary amides is 1. The number of carbonyl (C=O) groups is 1. The van der Waals surface area contributed by atoms with Crippen molar-refractivity contribution in [3.63, 3.8) is 0 Å². The van der Waals surface area contributed by atoms with Gasteiger partial charge in [-0.05, 0) is 31.2 Å². The fourth-order valence-electron chi connectivity index (χ4n) is 1.81. The highest BCUT2D eigenvalue weighted by molar-refractivity contribution is 5.94. The molecule has 0 fully saturated rings. The zero-order valence-electron chi connectivity index (χ0n) is 10.7. The van der Waals surface area contributed by atoms with Gasteiger partial charge in [0.15, 0.2) is 0 Å². The van der Waals surface area contributed by atoms with Crippen LogP contribution in [0, 0.1) is 10.1 Å². The average molecular weight is 275 g/mol. The summed E-state index contributed by atoms with van der Waals surface area (Å²) in [5.74, 6) is -0.0163. The number of nitro groups is 1. The van der Waals surface area contributed by atoms with Gasteiger partial charge in [0.1, 0.15) is 11.4 Å². The Morgan fingerprint density at radius 1 is 1.45 bits per heavy atom. The third kappa shape index (κ3) is 2.77. The highest BCUT2D eigenvalue weighted by Crippen LogP contribution is 2.29. The average Bonchev–Trinajstić information content (AvgIpc) is 2.92. The van der Waals surface area contributed by atoms with Crippen LogP contribution in [0.25, 0.3) is 0 Å². The number of furan rings is 1. The minimum Gasteiger partial charge on any atom is -0.467 e. The molecule has 1 unspecified atom stereocenters. The molecule has 2 rings (SSSR count). The fourth-order valence-corrected chi connectivity index (χ4v) is 1.81. The molecular weight excluding hydrogens is 262 g/mol. The molecule has 1 heterocycles. The Labute approximate surface area is 114 Å². The topological polar surface area (TPSA) is 111 Å². The maximum atomic E-state index is 11.2. The molecule has 20 heavy (non-hydrogen) atoms. The predicted molar refractivity (Wildman–Crippen MR) is 72.4 cm³/mol. The van der Waals surface area contributed by atoms with Gasteiger partial charge in [0.2, 0.25) is 5.91 Å². The Bertz CT molecular complexity index is 637. The van der Waals surface area contributed by atoms with Crippen LogP contribution < -0.4 is 11.1 Å². The van der Waals surface area contributed by atoms with E-state index in [-0.39, 0.29) is 23.0 Å². The number of nitrogens with two attached hydrogens (primary N) is 1. The molecule has 0 spiro atoms. The highest BCUT2D eigenvalue weighted by Gasteiger charge is 2.18. The number of amides is 1. The number of anilines is 1. The van der Waals surface area contributed by atoms with Gasteiger partial charge in [0.25, 0.3) is 5.69 Å². The first-order valence-corrected chi connectivity index (χ1v) is 5.87. The monoisotopic (exact) mass is 275 g/mol. The smallest absolute Gasteiger partial charge is 0.292 e. The number of nitro benzene ring substituents is 1. The minimum atomic E-state index is -0.645. The number of nitrogens with one attached hydrogen (secondary N) is 1. The van der Waals surface area contributed by atoms with Gasteiger partial charge in [-0.3, -0.25) is 14.9 Å². The third-order valence-corrected chi connectivity index (χ3v) is 2.82. The number of nitrogens with zero attached hydrogens (tertiary/aromatic N) is 1. The lowest BCUT2D eigenvalue weighted by atomic mass is 10.1. The van der Waals surface area contributed by atoms with Gasteiger partial charge < -0.3 is 15.5 Å². The summed E-state index contributed by atoms with van der Waals surface area (Å²) < 4.78 is 5.22. The summed E-state index contributed by atoms with van der Waals surface area (Å²) in [7, 11) is 0. The molecule has 1 aromatic heterocycles. The van der Waals surface area contributed by atoms with Crippen LogP contribution in [0.5, 0.6) is 0 Å². The van der Waals surface area contributed by atoms with Gasteiger partial charge in [-0.15, -0.1) is 0 Å². The van der Waals surface area contributed by atoms with Gasteiger partial charge in [-0.1, -0.05) is 0 Å². The highest BCUT2D eigenvalue weighted by atomic mass is 16.6. The Kier molecular flexibility index (Phi) is 3.69. The predicted octanol–water partition coefficient (Wildman–Crippen LogP) is 2.46. The van der Waals surface area contributed by atoms with Crippen molar-refractivity contribution in [1.29, 1.82) is 0 Å². The zero-order chi connectivity index (χ0) is 14.7. The molecule has 0 bridgehead atoms. The SMILES string of the molecule is CC(Nc1cc(C(N)=O)ccc1[N+](=O)[O-])c1ccco1. The van der Waals surface area contributed by atoms with E-state index in [1.165, 1.54) is 24.5 Å². The van der Waals surface area contributed by atoms with Crippen LogP contribution in [0.1, 0.15) is 29.1 Å². The van der Waals surface area contributed by atoms with Crippen LogP contribution >= 0.6 is 0 Å². The Morgan fingerprint density at radius 3 is 2.75 bits per heavy atom. The van der Waals surface area contributed by atoms with Crippen LogP contribution in [-0.4, -0.2) is 10.8 Å². The van der Waals surface area contributed by atoms with Crippen LogP contribution in [0.15, 0.2) is 41.0 Å². The summed E-state index contributed by atoms with van der Waals surface area (Å²) in [6.07, 6.45) is 1.52. The van der Waals surface area contributed by atoms with Crippen molar-refractivity contribution in [2.24, 2.45) is 5.73 Å². The standard InChI is InChI=1S/C13H13N3O4/c1-8(12-3-2-6-20-12)15-10-7-9(13(14)17)4-5-11(10)16(18)19/h2-8,15H,1H3,(H2,14,17). The van der Waals surface area contributed by atoms with Gasteiger partial charge in [-0.25, -0.2) is 0 Å². The van der Waals surface area contributed by atoms with E-state index in [0.717, 1.165) is 0 Å². The van der Waals surface area contributed by atoms with Crippen molar-refractivity contribution in [1.82, 2.24) is 0 Å². The number of rotatable bonds is 5. The van der Waals surface area contributed by atoms with Crippen molar-refractivity contribution in [3.05, 3.63) is 58.0 Å². The van der Waals surface area contributed by atoms with E-state index in [1.807, 2.05) is 0 Å². The second kappa shape index (κ2) is 5.43. The molecule has 7 nitrogen and oxygen atoms in total. The second-order valence-electron chi connectivity index (χ2n) is 4.23. The molecule has 2 aromatic rings. The maximum Gasteiger partial charge on any atom is 0.292 e. The van der Waals surface area contributed by atoms with E-state index in [2.05, 4.69) is 5.32 Å². The van der Waals surface area contributed by atoms with Gasteiger partial charge in [0.05, 0.1) is 17.2 Å². The Morgan fingerprint density at radius 2 is 2.20 bits per heavy atom. The fraction of sp³-hybridized carbons (Fsp3) is 0.154. The maximum absolute atomic E-state index is 11.2. The van der Waals surface area contributed by atoms with E-state index in [0.29, 0.717) is 5.76 Å². The van der Waals surface area contributed by atoms with Crippen molar-refractivity contribution < 1.29 is 14.1 Å². The summed E-state index contributed by atoms with van der Waals surface area (Å²) >= 11 is 0. The molecule has 0 radical (unpaired) electrons. The van der Waals surface area contributed by atoms with E-state index in [9.17, 15) is 14.9 Å². The summed E-state index contributed by atoms with van der Waals surface area (Å²) in [6.45, 7) is 1.79. The van der Waals surface area contributed by atoms with Crippen molar-refractivity contribution in [2.45, 2.75) is 13.0 Å². The number of hydrogen-bond acceptors (Lipinski definition) is 5. The normalized spacial score (nSPS) is 11.8. The summed E-state index contributed by atoms with van der Waals surface area (Å²) in [6, 6.07) is 7.12. The lowest BCUT2D eigenvalue weighted by molar-refractivity contribution is -0.384. The van der Waals surface area contributed by atoms with Crippen molar-refractivity contribution >= 4 is 17.3 Å². The largest absolute Gasteiger partial charge is 0.467 e. The summed E-state index contributed by atoms with van der Waals surface area (Å²) in [5, 5.41) is 13.9. The van der Waals surface area contributed by atoms with Crippen molar-refractivity contribution in [2.75, 3.05) is 5.32 Å². The van der Waals surface area contributed by atoms with Crippen molar-refractivity contribution in [3.8, 4) is 0 Å². The Balaban J connectivity index is 2.35. The molecule has 1 amide bonds. The van der Waals surface area contributed by atoms with E-state index < -0.39 is 10.8 Å².